The zero-order valence-corrected chi connectivity index (χ0v) is 16.8. The van der Waals surface area contributed by atoms with E-state index in [-0.39, 0.29) is 24.2 Å². The third kappa shape index (κ3) is 4.79. The summed E-state index contributed by atoms with van der Waals surface area (Å²) in [5.41, 5.74) is 2.02. The van der Waals surface area contributed by atoms with E-state index in [4.69, 9.17) is 0 Å². The summed E-state index contributed by atoms with van der Waals surface area (Å²) in [4.78, 5) is 27.3. The molecule has 0 saturated carbocycles. The number of carbonyl (C=O) groups excluding carboxylic acids is 2. The highest BCUT2D eigenvalue weighted by Crippen LogP contribution is 2.34. The molecule has 1 aliphatic rings. The number of benzene rings is 3. The Kier molecular flexibility index (Phi) is 6.07. The molecule has 3 aromatic rings. The van der Waals surface area contributed by atoms with Crippen molar-refractivity contribution in [2.75, 3.05) is 16.8 Å². The average molecular weight is 420 g/mol. The van der Waals surface area contributed by atoms with Gasteiger partial charge >= 0.3 is 0 Å². The van der Waals surface area contributed by atoms with Crippen LogP contribution in [0.2, 0.25) is 0 Å². The summed E-state index contributed by atoms with van der Waals surface area (Å²) in [7, 11) is 0. The molecule has 1 fully saturated rings. The summed E-state index contributed by atoms with van der Waals surface area (Å²) in [6.45, 7) is 0.335. The van der Waals surface area contributed by atoms with Crippen LogP contribution in [0.1, 0.15) is 12.0 Å². The van der Waals surface area contributed by atoms with Gasteiger partial charge in [0.15, 0.2) is 11.6 Å². The molecule has 1 heterocycles. The molecule has 1 aliphatic heterocycles. The van der Waals surface area contributed by atoms with Crippen molar-refractivity contribution in [3.05, 3.63) is 96.1 Å². The minimum Gasteiger partial charge on any atom is -0.326 e. The number of hydrogen-bond donors (Lipinski definition) is 1. The lowest BCUT2D eigenvalue weighted by atomic mass is 9.87. The van der Waals surface area contributed by atoms with Crippen LogP contribution < -0.4 is 10.2 Å². The molecule has 4 rings (SSSR count). The maximum Gasteiger partial charge on any atom is 0.230 e. The van der Waals surface area contributed by atoms with E-state index in [1.54, 1.807) is 12.1 Å². The standard InChI is InChI=1S/C25H22F2N2O2/c26-22-12-11-20(14-23(22)27)29-16-18(13-17-7-3-1-4-8-17)21(25(29)31)15-24(30)28-19-9-5-2-6-10-19/h1-12,14,18,21H,13,15-16H2,(H,28,30)/t18-,21+/m0/s1. The van der Waals surface area contributed by atoms with Gasteiger partial charge in [0.1, 0.15) is 0 Å². The Hall–Kier alpha value is -3.54. The Labute approximate surface area is 179 Å². The van der Waals surface area contributed by atoms with Gasteiger partial charge in [-0.25, -0.2) is 8.78 Å². The predicted octanol–water partition coefficient (Wildman–Crippen LogP) is 4.82. The Morgan fingerprint density at radius 1 is 0.935 bits per heavy atom. The molecule has 0 aliphatic carbocycles. The van der Waals surface area contributed by atoms with Crippen LogP contribution in [0.3, 0.4) is 0 Å². The molecule has 0 unspecified atom stereocenters. The van der Waals surface area contributed by atoms with Gasteiger partial charge in [-0.15, -0.1) is 0 Å². The van der Waals surface area contributed by atoms with Crippen molar-refractivity contribution < 1.29 is 18.4 Å². The van der Waals surface area contributed by atoms with Gasteiger partial charge in [-0.2, -0.15) is 0 Å². The number of amides is 2. The second-order valence-electron chi connectivity index (χ2n) is 7.72. The lowest BCUT2D eigenvalue weighted by Crippen LogP contribution is -2.29. The number of halogens is 2. The van der Waals surface area contributed by atoms with Crippen LogP contribution in [-0.4, -0.2) is 18.4 Å². The van der Waals surface area contributed by atoms with E-state index < -0.39 is 17.6 Å². The molecule has 3 aromatic carbocycles. The summed E-state index contributed by atoms with van der Waals surface area (Å²) < 4.78 is 27.1. The zero-order valence-electron chi connectivity index (χ0n) is 16.8. The maximum absolute atomic E-state index is 13.8. The van der Waals surface area contributed by atoms with Crippen LogP contribution >= 0.6 is 0 Å². The van der Waals surface area contributed by atoms with Gasteiger partial charge < -0.3 is 10.2 Å². The number of nitrogens with one attached hydrogen (secondary N) is 1. The predicted molar refractivity (Wildman–Crippen MR) is 116 cm³/mol. The average Bonchev–Trinajstić information content (AvgIpc) is 3.07. The van der Waals surface area contributed by atoms with Gasteiger partial charge in [0.25, 0.3) is 0 Å². The van der Waals surface area contributed by atoms with E-state index in [2.05, 4.69) is 5.32 Å². The first-order valence-electron chi connectivity index (χ1n) is 10.2. The first-order valence-corrected chi connectivity index (χ1v) is 10.2. The highest BCUT2D eigenvalue weighted by Gasteiger charge is 2.42. The Balaban J connectivity index is 1.56. The van der Waals surface area contributed by atoms with Crippen molar-refractivity contribution in [2.24, 2.45) is 11.8 Å². The number of nitrogens with zero attached hydrogens (tertiary/aromatic N) is 1. The molecule has 0 radical (unpaired) electrons. The summed E-state index contributed by atoms with van der Waals surface area (Å²) >= 11 is 0. The minimum absolute atomic E-state index is 0.0193. The molecule has 0 aromatic heterocycles. The first-order chi connectivity index (χ1) is 15.0. The SMILES string of the molecule is O=C(C[C@H]1C(=O)N(c2ccc(F)c(F)c2)C[C@@H]1Cc1ccccc1)Nc1ccccc1. The molecule has 0 spiro atoms. The Bertz CT molecular complexity index is 1070. The lowest BCUT2D eigenvalue weighted by Gasteiger charge is -2.17. The minimum atomic E-state index is -1.00. The highest BCUT2D eigenvalue weighted by molar-refractivity contribution is 6.01. The topological polar surface area (TPSA) is 49.4 Å². The van der Waals surface area contributed by atoms with Crippen molar-refractivity contribution in [3.8, 4) is 0 Å². The van der Waals surface area contributed by atoms with E-state index in [9.17, 15) is 18.4 Å². The van der Waals surface area contributed by atoms with Crippen molar-refractivity contribution in [3.63, 3.8) is 0 Å². The maximum atomic E-state index is 13.8. The second-order valence-corrected chi connectivity index (χ2v) is 7.72. The van der Waals surface area contributed by atoms with Crippen molar-refractivity contribution >= 4 is 23.2 Å². The van der Waals surface area contributed by atoms with Gasteiger partial charge in [-0.05, 0) is 42.2 Å². The van der Waals surface area contributed by atoms with Gasteiger partial charge in [0.05, 0.1) is 5.92 Å². The fourth-order valence-electron chi connectivity index (χ4n) is 4.05. The number of anilines is 2. The summed E-state index contributed by atoms with van der Waals surface area (Å²) in [5, 5.41) is 2.83. The van der Waals surface area contributed by atoms with Gasteiger partial charge in [0, 0.05) is 30.4 Å². The van der Waals surface area contributed by atoms with Crippen LogP contribution in [-0.2, 0) is 16.0 Å². The summed E-state index contributed by atoms with van der Waals surface area (Å²) in [5.74, 6) is -3.17. The van der Waals surface area contributed by atoms with Gasteiger partial charge in [-0.3, -0.25) is 9.59 Å². The van der Waals surface area contributed by atoms with E-state index in [1.807, 2.05) is 48.5 Å². The molecule has 2 amide bonds. The number of para-hydroxylation sites is 1. The normalized spacial score (nSPS) is 18.3. The van der Waals surface area contributed by atoms with Crippen molar-refractivity contribution in [2.45, 2.75) is 12.8 Å². The van der Waals surface area contributed by atoms with Gasteiger partial charge in [0.2, 0.25) is 11.8 Å². The molecule has 6 heteroatoms. The highest BCUT2D eigenvalue weighted by atomic mass is 19.2. The Morgan fingerprint density at radius 3 is 2.29 bits per heavy atom. The molecule has 4 nitrogen and oxygen atoms in total. The quantitative estimate of drug-likeness (QED) is 0.622. The smallest absolute Gasteiger partial charge is 0.230 e. The molecule has 158 valence electrons. The molecular formula is C25H22F2N2O2. The van der Waals surface area contributed by atoms with E-state index in [0.717, 1.165) is 17.7 Å². The van der Waals surface area contributed by atoms with Crippen LogP contribution in [0.25, 0.3) is 0 Å². The Morgan fingerprint density at radius 2 is 1.61 bits per heavy atom. The second kappa shape index (κ2) is 9.08. The van der Waals surface area contributed by atoms with E-state index in [0.29, 0.717) is 24.3 Å². The van der Waals surface area contributed by atoms with Crippen LogP contribution in [0.5, 0.6) is 0 Å². The summed E-state index contributed by atoms with van der Waals surface area (Å²) in [6.07, 6.45) is 0.626. The summed E-state index contributed by atoms with van der Waals surface area (Å²) in [6, 6.07) is 22.2. The largest absolute Gasteiger partial charge is 0.326 e. The van der Waals surface area contributed by atoms with E-state index in [1.165, 1.54) is 11.0 Å². The number of hydrogen-bond acceptors (Lipinski definition) is 2. The monoisotopic (exact) mass is 420 g/mol. The number of rotatable bonds is 6. The molecule has 31 heavy (non-hydrogen) atoms. The lowest BCUT2D eigenvalue weighted by molar-refractivity contribution is -0.125. The molecule has 2 atom stereocenters. The fraction of sp³-hybridized carbons (Fsp3) is 0.200. The van der Waals surface area contributed by atoms with Gasteiger partial charge in [-0.1, -0.05) is 48.5 Å². The molecular weight excluding hydrogens is 398 g/mol. The van der Waals surface area contributed by atoms with Crippen molar-refractivity contribution in [1.82, 2.24) is 0 Å². The third-order valence-electron chi connectivity index (χ3n) is 5.59. The van der Waals surface area contributed by atoms with Crippen LogP contribution in [0.4, 0.5) is 20.2 Å². The van der Waals surface area contributed by atoms with Crippen molar-refractivity contribution in [1.29, 1.82) is 0 Å². The number of carbonyl (C=O) groups is 2. The van der Waals surface area contributed by atoms with Crippen LogP contribution in [0.15, 0.2) is 78.9 Å². The molecule has 0 bridgehead atoms. The van der Waals surface area contributed by atoms with Crippen LogP contribution in [0, 0.1) is 23.5 Å². The first kappa shape index (κ1) is 20.7. The molecule has 1 saturated heterocycles. The third-order valence-corrected chi connectivity index (χ3v) is 5.59. The fourth-order valence-corrected chi connectivity index (χ4v) is 4.05. The zero-order chi connectivity index (χ0) is 21.8. The molecule has 1 N–H and O–H groups in total. The van der Waals surface area contributed by atoms with E-state index >= 15 is 0 Å².